The largest absolute Gasteiger partial charge is 0.502 e. The Hall–Kier alpha value is -3.43. The minimum absolute atomic E-state index is 0.191. The quantitative estimate of drug-likeness (QED) is 0.533. The van der Waals surface area contributed by atoms with E-state index in [-0.39, 0.29) is 23.2 Å². The van der Waals surface area contributed by atoms with Crippen LogP contribution in [0.5, 0.6) is 17.4 Å². The van der Waals surface area contributed by atoms with E-state index in [0.717, 1.165) is 25.9 Å². The lowest BCUT2D eigenvalue weighted by Crippen LogP contribution is -2.54. The molecule has 1 aromatic heterocycles. The van der Waals surface area contributed by atoms with Crippen molar-refractivity contribution >= 4 is 22.8 Å². The average molecular weight is 452 g/mol. The number of nitrogens with zero attached hydrogens (tertiary/aromatic N) is 2. The maximum Gasteiger partial charge on any atom is 0.379 e. The molecule has 0 spiro atoms. The molecule has 2 N–H and O–H groups in total. The molecule has 0 amide bonds. The van der Waals surface area contributed by atoms with Gasteiger partial charge >= 0.3 is 11.9 Å². The van der Waals surface area contributed by atoms with E-state index in [1.807, 2.05) is 6.08 Å². The molecule has 0 saturated carbocycles. The highest BCUT2D eigenvalue weighted by Crippen LogP contribution is 2.47. The van der Waals surface area contributed by atoms with Crippen LogP contribution in [0.1, 0.15) is 24.5 Å². The molecule has 9 nitrogen and oxygen atoms in total. The lowest BCUT2D eigenvalue weighted by atomic mass is 9.73. The van der Waals surface area contributed by atoms with Crippen LogP contribution in [0.25, 0.3) is 10.9 Å². The molecular formula is C24H24N2O7. The van der Waals surface area contributed by atoms with Crippen LogP contribution in [0.3, 0.4) is 0 Å². The van der Waals surface area contributed by atoms with Crippen molar-refractivity contribution in [1.82, 2.24) is 9.88 Å². The highest BCUT2D eigenvalue weighted by molar-refractivity contribution is 5.99. The number of carbonyl (C=O) groups excluding carboxylic acids is 2. The van der Waals surface area contributed by atoms with Gasteiger partial charge in [0, 0.05) is 23.5 Å². The molecule has 5 heterocycles. The van der Waals surface area contributed by atoms with Crippen LogP contribution in [0.2, 0.25) is 0 Å². The Morgan fingerprint density at radius 3 is 2.85 bits per heavy atom. The number of hydrogen-bond donors (Lipinski definition) is 2. The first kappa shape index (κ1) is 21.4. The van der Waals surface area contributed by atoms with E-state index in [1.165, 1.54) is 7.11 Å². The van der Waals surface area contributed by atoms with Crippen molar-refractivity contribution in [3.8, 4) is 17.4 Å². The predicted molar refractivity (Wildman–Crippen MR) is 117 cm³/mol. The summed E-state index contributed by atoms with van der Waals surface area (Å²) in [6, 6.07) is 4.81. The highest BCUT2D eigenvalue weighted by Gasteiger charge is 2.44. The monoisotopic (exact) mass is 452 g/mol. The third kappa shape index (κ3) is 3.63. The molecular weight excluding hydrogens is 428 g/mol. The van der Waals surface area contributed by atoms with E-state index in [9.17, 15) is 19.8 Å². The third-order valence-electron chi connectivity index (χ3n) is 6.82. The number of pyridine rings is 1. The molecule has 33 heavy (non-hydrogen) atoms. The molecule has 3 fully saturated rings. The second-order valence-corrected chi connectivity index (χ2v) is 8.57. The summed E-state index contributed by atoms with van der Waals surface area (Å²) in [6.07, 6.45) is 3.27. The Bertz CT molecular complexity index is 1190. The number of ether oxygens (including phenoxy) is 3. The second-order valence-electron chi connectivity index (χ2n) is 8.57. The van der Waals surface area contributed by atoms with Crippen molar-refractivity contribution in [2.75, 3.05) is 20.2 Å². The van der Waals surface area contributed by atoms with E-state index < -0.39 is 23.8 Å². The van der Waals surface area contributed by atoms with Gasteiger partial charge in [-0.2, -0.15) is 0 Å². The number of hydrogen-bond acceptors (Lipinski definition) is 9. The smallest absolute Gasteiger partial charge is 0.379 e. The standard InChI is InChI=1S/C24H24N2O7/c1-3-12-11-26-7-6-13(12)8-17(26)21(29)20-15-9-14(31-2)4-5-16(15)25-23-22(20)33-24(30)18(27)10-19(28)32-23/h3-5,9-10,12-13,17,21,27,29H,1,6-8,11H2,2H3/b18-10-/t12-,13-,17+,21+/m0/s1. The zero-order valence-corrected chi connectivity index (χ0v) is 18.1. The first-order valence-electron chi connectivity index (χ1n) is 10.8. The molecule has 2 bridgehead atoms. The molecule has 172 valence electrons. The lowest BCUT2D eigenvalue weighted by molar-refractivity contribution is -0.137. The Morgan fingerprint density at radius 1 is 1.33 bits per heavy atom. The number of esters is 2. The van der Waals surface area contributed by atoms with Gasteiger partial charge in [-0.25, -0.2) is 14.6 Å². The minimum atomic E-state index is -1.14. The summed E-state index contributed by atoms with van der Waals surface area (Å²) >= 11 is 0. The van der Waals surface area contributed by atoms with Crippen LogP contribution >= 0.6 is 0 Å². The summed E-state index contributed by atoms with van der Waals surface area (Å²) in [5, 5.41) is 22.0. The Labute approximate surface area is 189 Å². The molecule has 0 radical (unpaired) electrons. The molecule has 4 aliphatic rings. The summed E-state index contributed by atoms with van der Waals surface area (Å²) in [6.45, 7) is 5.56. The number of aliphatic hydroxyl groups is 2. The van der Waals surface area contributed by atoms with Crippen molar-refractivity contribution in [2.45, 2.75) is 25.0 Å². The molecule has 0 aliphatic carbocycles. The second kappa shape index (κ2) is 8.17. The molecule has 4 aliphatic heterocycles. The van der Waals surface area contributed by atoms with Crippen molar-refractivity contribution in [3.05, 3.63) is 48.3 Å². The van der Waals surface area contributed by atoms with Gasteiger partial charge in [0.2, 0.25) is 5.76 Å². The number of aliphatic hydroxyl groups excluding tert-OH is 2. The van der Waals surface area contributed by atoms with Crippen molar-refractivity contribution in [2.24, 2.45) is 11.8 Å². The van der Waals surface area contributed by atoms with Crippen LogP contribution in [0.4, 0.5) is 0 Å². The van der Waals surface area contributed by atoms with E-state index in [4.69, 9.17) is 14.2 Å². The predicted octanol–water partition coefficient (Wildman–Crippen LogP) is 2.44. The van der Waals surface area contributed by atoms with Crippen LogP contribution in [0, 0.1) is 11.8 Å². The fraction of sp³-hybridized carbons (Fsp3) is 0.375. The van der Waals surface area contributed by atoms with Crippen LogP contribution in [0.15, 0.2) is 42.7 Å². The number of benzene rings is 1. The van der Waals surface area contributed by atoms with Gasteiger partial charge in [0.1, 0.15) is 5.75 Å². The lowest BCUT2D eigenvalue weighted by Gasteiger charge is -2.50. The van der Waals surface area contributed by atoms with Gasteiger partial charge in [0.15, 0.2) is 5.75 Å². The minimum Gasteiger partial charge on any atom is -0.502 e. The molecule has 2 aromatic rings. The Morgan fingerprint density at radius 2 is 2.15 bits per heavy atom. The number of piperidine rings is 3. The van der Waals surface area contributed by atoms with E-state index in [2.05, 4.69) is 16.5 Å². The van der Waals surface area contributed by atoms with Gasteiger partial charge in [-0.3, -0.25) is 4.90 Å². The van der Waals surface area contributed by atoms with Crippen molar-refractivity contribution in [3.63, 3.8) is 0 Å². The summed E-state index contributed by atoms with van der Waals surface area (Å²) in [5.74, 6) is -2.17. The highest BCUT2D eigenvalue weighted by atomic mass is 16.6. The first-order valence-corrected chi connectivity index (χ1v) is 10.8. The van der Waals surface area contributed by atoms with Gasteiger partial charge < -0.3 is 24.4 Å². The topological polar surface area (TPSA) is 118 Å². The van der Waals surface area contributed by atoms with Gasteiger partial charge in [-0.15, -0.1) is 6.58 Å². The normalized spacial score (nSPS) is 29.1. The van der Waals surface area contributed by atoms with Gasteiger partial charge in [0.25, 0.3) is 5.88 Å². The molecule has 9 heteroatoms. The molecule has 6 rings (SSSR count). The van der Waals surface area contributed by atoms with Crippen molar-refractivity contribution < 1.29 is 34.0 Å². The average Bonchev–Trinajstić information content (AvgIpc) is 2.82. The zero-order chi connectivity index (χ0) is 23.3. The van der Waals surface area contributed by atoms with Crippen molar-refractivity contribution in [1.29, 1.82) is 0 Å². The maximum absolute atomic E-state index is 12.4. The Kier molecular flexibility index (Phi) is 5.30. The maximum atomic E-state index is 12.4. The molecule has 1 aromatic carbocycles. The number of methoxy groups -OCH3 is 1. The van der Waals surface area contributed by atoms with Crippen LogP contribution in [-0.2, 0) is 9.59 Å². The molecule has 3 saturated heterocycles. The first-order chi connectivity index (χ1) is 15.9. The summed E-state index contributed by atoms with van der Waals surface area (Å²) < 4.78 is 16.0. The van der Waals surface area contributed by atoms with Gasteiger partial charge in [-0.05, 0) is 49.4 Å². The fourth-order valence-corrected chi connectivity index (χ4v) is 5.15. The third-order valence-corrected chi connectivity index (χ3v) is 6.82. The summed E-state index contributed by atoms with van der Waals surface area (Å²) in [5.41, 5.74) is 0.693. The SMILES string of the molecule is C=C[C@H]1CN2CC[C@H]1C[C@@H]2[C@@H](O)c1c2c(nc3ccc(OC)cc13)OC(=O)/C=C(\O)C(=O)O2. The fourth-order valence-electron chi connectivity index (χ4n) is 5.15. The van der Waals surface area contributed by atoms with E-state index in [0.29, 0.717) is 34.6 Å². The van der Waals surface area contributed by atoms with Crippen LogP contribution < -0.4 is 14.2 Å². The van der Waals surface area contributed by atoms with Crippen LogP contribution in [-0.4, -0.2) is 58.3 Å². The van der Waals surface area contributed by atoms with Gasteiger partial charge in [0.05, 0.1) is 24.8 Å². The van der Waals surface area contributed by atoms with Gasteiger partial charge in [-0.1, -0.05) is 6.08 Å². The molecule has 5 atom stereocenters. The summed E-state index contributed by atoms with van der Waals surface area (Å²) in [7, 11) is 1.52. The number of carbonyl (C=O) groups is 2. The Balaban J connectivity index is 1.68. The number of rotatable bonds is 4. The zero-order valence-electron chi connectivity index (χ0n) is 18.1. The summed E-state index contributed by atoms with van der Waals surface area (Å²) in [4.78, 5) is 31.1. The molecule has 1 unspecified atom stereocenters. The number of aromatic nitrogens is 1. The van der Waals surface area contributed by atoms with E-state index in [1.54, 1.807) is 18.2 Å². The number of fused-ring (bicyclic) bond motifs is 5. The van der Waals surface area contributed by atoms with E-state index >= 15 is 0 Å².